The van der Waals surface area contributed by atoms with Crippen molar-refractivity contribution in [2.75, 3.05) is 31.4 Å². The van der Waals surface area contributed by atoms with Crippen molar-refractivity contribution in [2.45, 2.75) is 13.0 Å². The Morgan fingerprint density at radius 2 is 1.83 bits per heavy atom. The number of hydrogen-bond donors (Lipinski definition) is 3. The lowest BCUT2D eigenvalue weighted by Gasteiger charge is -2.14. The van der Waals surface area contributed by atoms with Gasteiger partial charge in [0.2, 0.25) is 5.91 Å². The lowest BCUT2D eigenvalue weighted by molar-refractivity contribution is -0.116. The van der Waals surface area contributed by atoms with Crippen LogP contribution in [0, 0.1) is 0 Å². The van der Waals surface area contributed by atoms with Crippen molar-refractivity contribution in [1.82, 2.24) is 0 Å². The van der Waals surface area contributed by atoms with Crippen molar-refractivity contribution in [3.63, 3.8) is 0 Å². The number of rotatable bonds is 8. The second-order valence-corrected chi connectivity index (χ2v) is 5.17. The Morgan fingerprint density at radius 1 is 1.08 bits per heavy atom. The van der Waals surface area contributed by atoms with Gasteiger partial charge >= 0.3 is 0 Å². The minimum atomic E-state index is -0.116. The molecular weight excluding hydrogens is 306 g/mol. The van der Waals surface area contributed by atoms with Gasteiger partial charge in [0.15, 0.2) is 0 Å². The molecule has 1 amide bonds. The normalized spacial score (nSPS) is 10.1. The first-order valence-electron chi connectivity index (χ1n) is 7.71. The Kier molecular flexibility index (Phi) is 6.45. The molecular formula is C18H23N3O3. The minimum Gasteiger partial charge on any atom is -0.496 e. The molecule has 0 aliphatic carbocycles. The molecule has 0 heterocycles. The van der Waals surface area contributed by atoms with E-state index in [0.717, 1.165) is 17.0 Å². The van der Waals surface area contributed by atoms with Crippen LogP contribution >= 0.6 is 0 Å². The average molecular weight is 329 g/mol. The third kappa shape index (κ3) is 4.63. The molecule has 0 saturated carbocycles. The van der Waals surface area contributed by atoms with Crippen molar-refractivity contribution in [1.29, 1.82) is 0 Å². The van der Waals surface area contributed by atoms with E-state index in [1.54, 1.807) is 20.3 Å². The molecule has 0 atom stereocenters. The first kappa shape index (κ1) is 17.6. The van der Waals surface area contributed by atoms with Crippen LogP contribution in [0.1, 0.15) is 12.0 Å². The fraction of sp³-hybridized carbons (Fsp3) is 0.278. The zero-order chi connectivity index (χ0) is 17.4. The van der Waals surface area contributed by atoms with Gasteiger partial charge in [-0.2, -0.15) is 0 Å². The maximum absolute atomic E-state index is 11.6. The number of methoxy groups -OCH3 is 2. The second-order valence-electron chi connectivity index (χ2n) is 5.17. The van der Waals surface area contributed by atoms with E-state index in [2.05, 4.69) is 10.6 Å². The Balaban J connectivity index is 2.08. The summed E-state index contributed by atoms with van der Waals surface area (Å²) in [6.45, 7) is 0.917. The fourth-order valence-electron chi connectivity index (χ4n) is 2.31. The lowest BCUT2D eigenvalue weighted by atomic mass is 10.2. The molecule has 6 nitrogen and oxygen atoms in total. The summed E-state index contributed by atoms with van der Waals surface area (Å²) in [4.78, 5) is 11.6. The van der Waals surface area contributed by atoms with Gasteiger partial charge in [-0.15, -0.1) is 0 Å². The zero-order valence-corrected chi connectivity index (χ0v) is 14.0. The summed E-state index contributed by atoms with van der Waals surface area (Å²) in [5.41, 5.74) is 7.93. The molecule has 0 unspecified atom stereocenters. The largest absolute Gasteiger partial charge is 0.496 e. The predicted molar refractivity (Wildman–Crippen MR) is 95.6 cm³/mol. The van der Waals surface area contributed by atoms with Gasteiger partial charge in [0.1, 0.15) is 11.5 Å². The Bertz CT molecular complexity index is 689. The molecule has 2 aromatic rings. The number of nitrogens with one attached hydrogen (secondary N) is 2. The number of nitrogens with two attached hydrogens (primary N) is 1. The molecule has 128 valence electrons. The molecule has 0 aromatic heterocycles. The maximum Gasteiger partial charge on any atom is 0.225 e. The van der Waals surface area contributed by atoms with Crippen LogP contribution in [-0.2, 0) is 11.3 Å². The van der Waals surface area contributed by atoms with E-state index in [1.807, 2.05) is 36.4 Å². The van der Waals surface area contributed by atoms with E-state index >= 15 is 0 Å². The quantitative estimate of drug-likeness (QED) is 0.693. The third-order valence-corrected chi connectivity index (χ3v) is 3.52. The molecule has 0 saturated heterocycles. The Labute approximate surface area is 142 Å². The van der Waals surface area contributed by atoms with Crippen molar-refractivity contribution >= 4 is 17.3 Å². The molecule has 4 N–H and O–H groups in total. The summed E-state index contributed by atoms with van der Waals surface area (Å²) in [6, 6.07) is 13.3. The van der Waals surface area contributed by atoms with Crippen LogP contribution < -0.4 is 25.8 Å². The van der Waals surface area contributed by atoms with E-state index < -0.39 is 0 Å². The molecule has 0 aliphatic heterocycles. The van der Waals surface area contributed by atoms with Gasteiger partial charge in [0.05, 0.1) is 19.9 Å². The van der Waals surface area contributed by atoms with E-state index in [-0.39, 0.29) is 12.3 Å². The highest BCUT2D eigenvalue weighted by atomic mass is 16.5. The highest BCUT2D eigenvalue weighted by molar-refractivity contribution is 5.91. The first-order valence-corrected chi connectivity index (χ1v) is 7.71. The summed E-state index contributed by atoms with van der Waals surface area (Å²) in [6.07, 6.45) is 0.288. The zero-order valence-electron chi connectivity index (χ0n) is 14.0. The lowest BCUT2D eigenvalue weighted by Crippen LogP contribution is -2.16. The van der Waals surface area contributed by atoms with Crippen molar-refractivity contribution in [3.8, 4) is 11.5 Å². The number of para-hydroxylation sites is 1. The second kappa shape index (κ2) is 8.79. The first-order chi connectivity index (χ1) is 11.7. The van der Waals surface area contributed by atoms with E-state index in [4.69, 9.17) is 15.2 Å². The van der Waals surface area contributed by atoms with Crippen molar-refractivity contribution < 1.29 is 14.3 Å². The summed E-state index contributed by atoms with van der Waals surface area (Å²) < 4.78 is 10.7. The highest BCUT2D eigenvalue weighted by Gasteiger charge is 2.08. The van der Waals surface area contributed by atoms with Crippen LogP contribution in [0.2, 0.25) is 0 Å². The van der Waals surface area contributed by atoms with E-state index in [0.29, 0.717) is 24.5 Å². The predicted octanol–water partition coefficient (Wildman–Crippen LogP) is 2.60. The van der Waals surface area contributed by atoms with E-state index in [9.17, 15) is 4.79 Å². The van der Waals surface area contributed by atoms with Gasteiger partial charge in [0.25, 0.3) is 0 Å². The van der Waals surface area contributed by atoms with Gasteiger partial charge in [0, 0.05) is 36.8 Å². The molecule has 0 bridgehead atoms. The average Bonchev–Trinajstić information content (AvgIpc) is 2.60. The third-order valence-electron chi connectivity index (χ3n) is 3.52. The number of carbonyl (C=O) groups is 1. The van der Waals surface area contributed by atoms with Gasteiger partial charge in [-0.05, 0) is 18.2 Å². The van der Waals surface area contributed by atoms with Crippen LogP contribution in [0.5, 0.6) is 11.5 Å². The van der Waals surface area contributed by atoms with Gasteiger partial charge in [-0.3, -0.25) is 4.79 Å². The van der Waals surface area contributed by atoms with Crippen LogP contribution in [0.4, 0.5) is 11.4 Å². The van der Waals surface area contributed by atoms with Crippen molar-refractivity contribution in [3.05, 3.63) is 48.0 Å². The number of hydrogen-bond acceptors (Lipinski definition) is 5. The standard InChI is InChI=1S/C18H23N3O3/c1-23-16-6-4-3-5-13(16)12-20-15-8-7-14(11-17(15)24-2)21-18(22)9-10-19/h3-8,11,20H,9-10,12,19H2,1-2H3,(H,21,22). The minimum absolute atomic E-state index is 0.116. The molecule has 0 aliphatic rings. The van der Waals surface area contributed by atoms with E-state index in [1.165, 1.54) is 0 Å². The molecule has 0 radical (unpaired) electrons. The van der Waals surface area contributed by atoms with Crippen LogP contribution in [-0.4, -0.2) is 26.7 Å². The molecule has 2 rings (SSSR count). The topological polar surface area (TPSA) is 85.6 Å². The summed E-state index contributed by atoms with van der Waals surface area (Å²) >= 11 is 0. The van der Waals surface area contributed by atoms with Gasteiger partial charge in [-0.25, -0.2) is 0 Å². The molecule has 2 aromatic carbocycles. The monoisotopic (exact) mass is 329 g/mol. The summed E-state index contributed by atoms with van der Waals surface area (Å²) in [5, 5.41) is 6.11. The van der Waals surface area contributed by atoms with Crippen LogP contribution in [0.25, 0.3) is 0 Å². The van der Waals surface area contributed by atoms with Gasteiger partial charge < -0.3 is 25.8 Å². The number of carbonyl (C=O) groups excluding carboxylic acids is 1. The maximum atomic E-state index is 11.6. The summed E-state index contributed by atoms with van der Waals surface area (Å²) in [5.74, 6) is 1.36. The number of benzene rings is 2. The SMILES string of the molecule is COc1ccccc1CNc1ccc(NC(=O)CCN)cc1OC. The smallest absolute Gasteiger partial charge is 0.225 e. The van der Waals surface area contributed by atoms with Gasteiger partial charge in [-0.1, -0.05) is 18.2 Å². The number of anilines is 2. The molecule has 24 heavy (non-hydrogen) atoms. The highest BCUT2D eigenvalue weighted by Crippen LogP contribution is 2.29. The Morgan fingerprint density at radius 3 is 2.54 bits per heavy atom. The number of amides is 1. The molecule has 0 fully saturated rings. The summed E-state index contributed by atoms with van der Waals surface area (Å²) in [7, 11) is 3.24. The van der Waals surface area contributed by atoms with Crippen LogP contribution in [0.15, 0.2) is 42.5 Å². The Hall–Kier alpha value is -2.73. The molecule has 6 heteroatoms. The van der Waals surface area contributed by atoms with Crippen LogP contribution in [0.3, 0.4) is 0 Å². The molecule has 0 spiro atoms. The fourth-order valence-corrected chi connectivity index (χ4v) is 2.31. The van der Waals surface area contributed by atoms with Crippen molar-refractivity contribution in [2.24, 2.45) is 5.73 Å². The number of ether oxygens (including phenoxy) is 2.